The number of aromatic nitrogens is 2. The highest BCUT2D eigenvalue weighted by molar-refractivity contribution is 5.21. The number of aryl methyl sites for hydroxylation is 1. The third kappa shape index (κ3) is 2.16. The fraction of sp³-hybridized carbons (Fsp3) is 0.600. The number of hydrogen-bond donors (Lipinski definition) is 1. The minimum absolute atomic E-state index is 0.0793. The number of nitrogens with zero attached hydrogens (tertiary/aromatic N) is 2. The van der Waals surface area contributed by atoms with Crippen molar-refractivity contribution in [2.75, 3.05) is 6.54 Å². The molecule has 0 aliphatic rings. The Morgan fingerprint density at radius 1 is 1.25 bits per heavy atom. The number of alkyl halides is 3. The second-order valence-corrected chi connectivity index (χ2v) is 3.64. The average molecular weight is 233 g/mol. The molecule has 0 saturated heterocycles. The van der Waals surface area contributed by atoms with E-state index in [9.17, 15) is 13.2 Å². The molecule has 0 fully saturated rings. The van der Waals surface area contributed by atoms with Crippen LogP contribution in [0.5, 0.6) is 0 Å². The summed E-state index contributed by atoms with van der Waals surface area (Å²) >= 11 is 0. The highest BCUT2D eigenvalue weighted by atomic mass is 19.4. The van der Waals surface area contributed by atoms with Gasteiger partial charge in [-0.1, -0.05) is 6.92 Å². The molecule has 16 heavy (non-hydrogen) atoms. The van der Waals surface area contributed by atoms with E-state index in [1.165, 1.54) is 19.3 Å². The molecule has 0 spiro atoms. The molecule has 1 aromatic rings. The Hall–Kier alpha value is -1.17. The van der Waals surface area contributed by atoms with E-state index in [0.717, 1.165) is 6.92 Å². The molecule has 6 heteroatoms. The second-order valence-electron chi connectivity index (χ2n) is 3.64. The lowest BCUT2D eigenvalue weighted by molar-refractivity contribution is -0.196. The predicted octanol–water partition coefficient (Wildman–Crippen LogP) is 2.17. The number of nitrogens with one attached hydrogen (secondary N) is 1. The van der Waals surface area contributed by atoms with Crippen molar-refractivity contribution in [3.05, 3.63) is 23.8 Å². The van der Waals surface area contributed by atoms with E-state index in [1.54, 1.807) is 6.92 Å². The first-order valence-corrected chi connectivity index (χ1v) is 4.92. The Morgan fingerprint density at radius 2 is 1.81 bits per heavy atom. The Labute approximate surface area is 92.1 Å². The Kier molecular flexibility index (Phi) is 3.52. The molecule has 1 heterocycles. The van der Waals surface area contributed by atoms with Gasteiger partial charge in [0.1, 0.15) is 0 Å². The summed E-state index contributed by atoms with van der Waals surface area (Å²) in [6.45, 7) is 4.42. The summed E-state index contributed by atoms with van der Waals surface area (Å²) in [6.07, 6.45) is -1.77. The zero-order valence-corrected chi connectivity index (χ0v) is 9.39. The summed E-state index contributed by atoms with van der Waals surface area (Å²) in [4.78, 5) is 7.63. The van der Waals surface area contributed by atoms with Crippen molar-refractivity contribution in [2.45, 2.75) is 32.5 Å². The minimum Gasteiger partial charge on any atom is -0.299 e. The van der Waals surface area contributed by atoms with Crippen LogP contribution in [0.1, 0.15) is 25.2 Å². The molecular weight excluding hydrogens is 219 g/mol. The zero-order valence-electron chi connectivity index (χ0n) is 9.39. The van der Waals surface area contributed by atoms with Crippen molar-refractivity contribution in [2.24, 2.45) is 0 Å². The van der Waals surface area contributed by atoms with Gasteiger partial charge in [0, 0.05) is 12.4 Å². The summed E-state index contributed by atoms with van der Waals surface area (Å²) < 4.78 is 39.1. The predicted molar refractivity (Wildman–Crippen MR) is 53.9 cm³/mol. The van der Waals surface area contributed by atoms with Gasteiger partial charge >= 0.3 is 6.18 Å². The molecule has 0 aliphatic carbocycles. The standard InChI is InChI=1S/C10H14F3N3/c1-4-16-9(3,10(11,12)13)8-7(2)14-5-6-15-8/h5-6,16H,4H2,1-3H3. The van der Waals surface area contributed by atoms with Crippen LogP contribution in [0.15, 0.2) is 12.4 Å². The topological polar surface area (TPSA) is 37.8 Å². The van der Waals surface area contributed by atoms with Gasteiger partial charge in [-0.25, -0.2) is 0 Å². The minimum atomic E-state index is -4.41. The molecule has 0 amide bonds. The van der Waals surface area contributed by atoms with Crippen molar-refractivity contribution in [3.63, 3.8) is 0 Å². The monoisotopic (exact) mass is 233 g/mol. The van der Waals surface area contributed by atoms with Crippen molar-refractivity contribution in [3.8, 4) is 0 Å². The van der Waals surface area contributed by atoms with E-state index in [1.807, 2.05) is 0 Å². The molecule has 3 nitrogen and oxygen atoms in total. The summed E-state index contributed by atoms with van der Waals surface area (Å²) in [6, 6.07) is 0. The van der Waals surface area contributed by atoms with Gasteiger partial charge in [0.05, 0.1) is 11.4 Å². The average Bonchev–Trinajstić information content (AvgIpc) is 2.16. The first-order chi connectivity index (χ1) is 7.33. The molecule has 1 atom stereocenters. The van der Waals surface area contributed by atoms with Crippen LogP contribution in [0, 0.1) is 6.92 Å². The van der Waals surface area contributed by atoms with Gasteiger partial charge in [0.15, 0.2) is 5.54 Å². The second kappa shape index (κ2) is 4.37. The van der Waals surface area contributed by atoms with Crippen molar-refractivity contribution in [1.82, 2.24) is 15.3 Å². The Balaban J connectivity index is 3.28. The molecule has 0 aromatic carbocycles. The van der Waals surface area contributed by atoms with E-state index in [4.69, 9.17) is 0 Å². The Morgan fingerprint density at radius 3 is 2.25 bits per heavy atom. The smallest absolute Gasteiger partial charge is 0.299 e. The van der Waals surface area contributed by atoms with Gasteiger partial charge in [0.2, 0.25) is 0 Å². The van der Waals surface area contributed by atoms with Crippen LogP contribution in [-0.4, -0.2) is 22.7 Å². The first-order valence-electron chi connectivity index (χ1n) is 4.92. The van der Waals surface area contributed by atoms with E-state index in [2.05, 4.69) is 15.3 Å². The van der Waals surface area contributed by atoms with Crippen molar-refractivity contribution in [1.29, 1.82) is 0 Å². The number of halogens is 3. The summed E-state index contributed by atoms with van der Waals surface area (Å²) in [7, 11) is 0. The number of rotatable bonds is 3. The van der Waals surface area contributed by atoms with Crippen LogP contribution in [0.2, 0.25) is 0 Å². The molecule has 90 valence electrons. The fourth-order valence-corrected chi connectivity index (χ4v) is 1.57. The van der Waals surface area contributed by atoms with Crippen LogP contribution in [0.25, 0.3) is 0 Å². The molecule has 1 N–H and O–H groups in total. The first kappa shape index (κ1) is 12.9. The van der Waals surface area contributed by atoms with Crippen molar-refractivity contribution < 1.29 is 13.2 Å². The van der Waals surface area contributed by atoms with Gasteiger partial charge in [-0.15, -0.1) is 0 Å². The molecule has 0 bridgehead atoms. The lowest BCUT2D eigenvalue weighted by Gasteiger charge is -2.32. The zero-order chi connectivity index (χ0) is 12.4. The van der Waals surface area contributed by atoms with E-state index < -0.39 is 11.7 Å². The van der Waals surface area contributed by atoms with Crippen LogP contribution < -0.4 is 5.32 Å². The lowest BCUT2D eigenvalue weighted by atomic mass is 9.95. The van der Waals surface area contributed by atoms with E-state index >= 15 is 0 Å². The van der Waals surface area contributed by atoms with E-state index in [0.29, 0.717) is 0 Å². The van der Waals surface area contributed by atoms with Gasteiger partial charge < -0.3 is 0 Å². The highest BCUT2D eigenvalue weighted by Crippen LogP contribution is 2.38. The van der Waals surface area contributed by atoms with Crippen LogP contribution in [0.4, 0.5) is 13.2 Å². The van der Waals surface area contributed by atoms with Crippen LogP contribution >= 0.6 is 0 Å². The summed E-state index contributed by atoms with van der Waals surface area (Å²) in [5.74, 6) is 0. The maximum atomic E-state index is 13.0. The van der Waals surface area contributed by atoms with Gasteiger partial charge in [0.25, 0.3) is 0 Å². The van der Waals surface area contributed by atoms with Crippen LogP contribution in [0.3, 0.4) is 0 Å². The summed E-state index contributed by atoms with van der Waals surface area (Å²) in [5.41, 5.74) is -1.95. The Bertz CT molecular complexity index is 365. The largest absolute Gasteiger partial charge is 0.412 e. The molecule has 1 rings (SSSR count). The molecular formula is C10H14F3N3. The van der Waals surface area contributed by atoms with Gasteiger partial charge in [-0.3, -0.25) is 15.3 Å². The normalized spacial score (nSPS) is 15.9. The molecule has 1 aromatic heterocycles. The molecule has 1 unspecified atom stereocenters. The van der Waals surface area contributed by atoms with Crippen molar-refractivity contribution >= 4 is 0 Å². The van der Waals surface area contributed by atoms with Gasteiger partial charge in [-0.2, -0.15) is 13.2 Å². The maximum Gasteiger partial charge on any atom is 0.412 e. The molecule has 0 saturated carbocycles. The third-order valence-corrected chi connectivity index (χ3v) is 2.45. The summed E-state index contributed by atoms with van der Waals surface area (Å²) in [5, 5.41) is 2.43. The molecule has 0 aliphatic heterocycles. The number of hydrogen-bond acceptors (Lipinski definition) is 3. The quantitative estimate of drug-likeness (QED) is 0.869. The SMILES string of the molecule is CCNC(C)(c1nccnc1C)C(F)(F)F. The molecule has 0 radical (unpaired) electrons. The fourth-order valence-electron chi connectivity index (χ4n) is 1.57. The third-order valence-electron chi connectivity index (χ3n) is 2.45. The highest BCUT2D eigenvalue weighted by Gasteiger charge is 2.53. The maximum absolute atomic E-state index is 13.0. The van der Waals surface area contributed by atoms with Gasteiger partial charge in [-0.05, 0) is 20.4 Å². The van der Waals surface area contributed by atoms with E-state index in [-0.39, 0.29) is 17.9 Å². The lowest BCUT2D eigenvalue weighted by Crippen LogP contribution is -2.52. The van der Waals surface area contributed by atoms with Crippen LogP contribution in [-0.2, 0) is 5.54 Å².